The molecule has 1 aromatic rings. The summed E-state index contributed by atoms with van der Waals surface area (Å²) in [6.45, 7) is 10.9. The van der Waals surface area contributed by atoms with Crippen molar-refractivity contribution in [1.82, 2.24) is 5.32 Å². The molecule has 0 aromatic heterocycles. The Bertz CT molecular complexity index is 376. The zero-order chi connectivity index (χ0) is 12.0. The third-order valence-electron chi connectivity index (χ3n) is 2.11. The van der Waals surface area contributed by atoms with Crippen molar-refractivity contribution in [3.8, 4) is 11.5 Å². The van der Waals surface area contributed by atoms with Gasteiger partial charge < -0.3 is 5.32 Å². The number of hydrogen-bond acceptors (Lipinski definition) is 1. The van der Waals surface area contributed by atoms with E-state index >= 15 is 0 Å². The summed E-state index contributed by atoms with van der Waals surface area (Å²) in [6, 6.07) is 8.52. The van der Waals surface area contributed by atoms with Gasteiger partial charge in [-0.25, -0.2) is 0 Å². The van der Waals surface area contributed by atoms with Gasteiger partial charge in [0.1, 0.15) is 8.07 Å². The highest BCUT2D eigenvalue weighted by Crippen LogP contribution is 2.04. The lowest BCUT2D eigenvalue weighted by Gasteiger charge is -2.04. The van der Waals surface area contributed by atoms with Crippen molar-refractivity contribution in [3.05, 3.63) is 35.4 Å². The molecule has 0 heterocycles. The molecule has 2 heteroatoms. The van der Waals surface area contributed by atoms with Crippen molar-refractivity contribution in [2.45, 2.75) is 33.1 Å². The van der Waals surface area contributed by atoms with Gasteiger partial charge in [0.25, 0.3) is 0 Å². The first kappa shape index (κ1) is 13.0. The molecule has 0 aliphatic heterocycles. The van der Waals surface area contributed by atoms with Crippen molar-refractivity contribution in [2.75, 3.05) is 6.54 Å². The van der Waals surface area contributed by atoms with Gasteiger partial charge in [0.2, 0.25) is 0 Å². The highest BCUT2D eigenvalue weighted by atomic mass is 28.3. The molecule has 0 fully saturated rings. The van der Waals surface area contributed by atoms with Gasteiger partial charge >= 0.3 is 0 Å². The van der Waals surface area contributed by atoms with Crippen LogP contribution in [0.2, 0.25) is 19.6 Å². The van der Waals surface area contributed by atoms with Gasteiger partial charge in [-0.15, -0.1) is 5.54 Å². The fourth-order valence-corrected chi connectivity index (χ4v) is 1.75. The largest absolute Gasteiger partial charge is 0.313 e. The van der Waals surface area contributed by atoms with Crippen LogP contribution in [-0.2, 0) is 6.54 Å². The monoisotopic (exact) mass is 231 g/mol. The van der Waals surface area contributed by atoms with Crippen LogP contribution < -0.4 is 5.32 Å². The molecule has 0 atom stereocenters. The molecule has 16 heavy (non-hydrogen) atoms. The lowest BCUT2D eigenvalue weighted by molar-refractivity contribution is 0.727. The SMILES string of the molecule is CCNCc1ccc(C#C[Si](C)(C)C)cc1. The summed E-state index contributed by atoms with van der Waals surface area (Å²) in [5, 5.41) is 3.31. The summed E-state index contributed by atoms with van der Waals surface area (Å²) in [5.74, 6) is 3.26. The average Bonchev–Trinajstić information content (AvgIpc) is 2.24. The van der Waals surface area contributed by atoms with E-state index in [1.807, 2.05) is 0 Å². The van der Waals surface area contributed by atoms with E-state index in [1.54, 1.807) is 0 Å². The minimum absolute atomic E-state index is 0.943. The van der Waals surface area contributed by atoms with Crippen LogP contribution in [0.1, 0.15) is 18.1 Å². The minimum Gasteiger partial charge on any atom is -0.313 e. The molecule has 0 bridgehead atoms. The molecule has 1 nitrogen and oxygen atoms in total. The first-order chi connectivity index (χ1) is 7.51. The molecule has 1 aromatic carbocycles. The Morgan fingerprint density at radius 2 is 1.75 bits per heavy atom. The fraction of sp³-hybridized carbons (Fsp3) is 0.429. The van der Waals surface area contributed by atoms with Gasteiger partial charge in [-0.2, -0.15) is 0 Å². The third-order valence-corrected chi connectivity index (χ3v) is 2.99. The zero-order valence-corrected chi connectivity index (χ0v) is 11.7. The molecule has 0 unspecified atom stereocenters. The molecular formula is C14H21NSi. The van der Waals surface area contributed by atoms with Crippen molar-refractivity contribution in [3.63, 3.8) is 0 Å². The van der Waals surface area contributed by atoms with Crippen molar-refractivity contribution in [1.29, 1.82) is 0 Å². The van der Waals surface area contributed by atoms with E-state index in [9.17, 15) is 0 Å². The van der Waals surface area contributed by atoms with Crippen LogP contribution in [-0.4, -0.2) is 14.6 Å². The summed E-state index contributed by atoms with van der Waals surface area (Å²) < 4.78 is 0. The Hall–Kier alpha value is -1.04. The van der Waals surface area contributed by atoms with E-state index in [2.05, 4.69) is 67.6 Å². The van der Waals surface area contributed by atoms with E-state index in [0.29, 0.717) is 0 Å². The highest BCUT2D eigenvalue weighted by Gasteiger charge is 2.07. The topological polar surface area (TPSA) is 12.0 Å². The van der Waals surface area contributed by atoms with Gasteiger partial charge in [0.15, 0.2) is 0 Å². The van der Waals surface area contributed by atoms with Crippen LogP contribution in [0.4, 0.5) is 0 Å². The molecule has 0 saturated carbocycles. The lowest BCUT2D eigenvalue weighted by atomic mass is 10.1. The van der Waals surface area contributed by atoms with E-state index in [1.165, 1.54) is 5.56 Å². The van der Waals surface area contributed by atoms with Crippen molar-refractivity contribution >= 4 is 8.07 Å². The van der Waals surface area contributed by atoms with E-state index < -0.39 is 8.07 Å². The maximum atomic E-state index is 3.37. The van der Waals surface area contributed by atoms with Gasteiger partial charge in [-0.1, -0.05) is 44.6 Å². The molecule has 0 spiro atoms. The molecule has 1 N–H and O–H groups in total. The van der Waals surface area contributed by atoms with Crippen molar-refractivity contribution in [2.24, 2.45) is 0 Å². The lowest BCUT2D eigenvalue weighted by Crippen LogP contribution is -2.16. The number of rotatable bonds is 3. The summed E-state index contributed by atoms with van der Waals surface area (Å²) >= 11 is 0. The second kappa shape index (κ2) is 5.88. The molecular weight excluding hydrogens is 210 g/mol. The Kier molecular flexibility index (Phi) is 4.79. The summed E-state index contributed by atoms with van der Waals surface area (Å²) in [4.78, 5) is 0. The Morgan fingerprint density at radius 1 is 1.12 bits per heavy atom. The first-order valence-electron chi connectivity index (χ1n) is 5.84. The summed E-state index contributed by atoms with van der Waals surface area (Å²) in [6.07, 6.45) is 0. The van der Waals surface area contributed by atoms with Gasteiger partial charge in [0, 0.05) is 12.1 Å². The molecule has 1 rings (SSSR count). The van der Waals surface area contributed by atoms with E-state index in [-0.39, 0.29) is 0 Å². The van der Waals surface area contributed by atoms with E-state index in [0.717, 1.165) is 18.7 Å². The zero-order valence-electron chi connectivity index (χ0n) is 10.7. The molecule has 0 amide bonds. The highest BCUT2D eigenvalue weighted by molar-refractivity contribution is 6.83. The van der Waals surface area contributed by atoms with Crippen LogP contribution in [0.3, 0.4) is 0 Å². The summed E-state index contributed by atoms with van der Waals surface area (Å²) in [5.41, 5.74) is 5.82. The van der Waals surface area contributed by atoms with Crippen LogP contribution in [0.5, 0.6) is 0 Å². The maximum absolute atomic E-state index is 3.37. The third kappa shape index (κ3) is 5.15. The number of nitrogens with one attached hydrogen (secondary N) is 1. The van der Waals surface area contributed by atoms with Crippen LogP contribution in [0.25, 0.3) is 0 Å². The standard InChI is InChI=1S/C14H21NSi/c1-5-15-12-14-8-6-13(7-9-14)10-11-16(2,3)4/h6-9,15H,5,12H2,1-4H3. The molecule has 0 aliphatic rings. The Labute approximate surface area is 100 Å². The molecule has 0 saturated heterocycles. The average molecular weight is 231 g/mol. The van der Waals surface area contributed by atoms with E-state index in [4.69, 9.17) is 0 Å². The molecule has 0 aliphatic carbocycles. The van der Waals surface area contributed by atoms with Crippen LogP contribution >= 0.6 is 0 Å². The van der Waals surface area contributed by atoms with Gasteiger partial charge in [-0.05, 0) is 24.2 Å². The first-order valence-corrected chi connectivity index (χ1v) is 9.34. The Morgan fingerprint density at radius 3 is 2.25 bits per heavy atom. The second-order valence-corrected chi connectivity index (χ2v) is 9.73. The smallest absolute Gasteiger partial charge is 0.129 e. The predicted octanol–water partition coefficient (Wildman–Crippen LogP) is 3.03. The fourth-order valence-electron chi connectivity index (χ4n) is 1.23. The number of benzene rings is 1. The van der Waals surface area contributed by atoms with Crippen LogP contribution in [0.15, 0.2) is 24.3 Å². The molecule has 86 valence electrons. The predicted molar refractivity (Wildman–Crippen MR) is 74.0 cm³/mol. The molecule has 0 radical (unpaired) electrons. The van der Waals surface area contributed by atoms with Gasteiger partial charge in [-0.3, -0.25) is 0 Å². The quantitative estimate of drug-likeness (QED) is 0.623. The van der Waals surface area contributed by atoms with Crippen LogP contribution in [0, 0.1) is 11.5 Å². The minimum atomic E-state index is -1.25. The number of hydrogen-bond donors (Lipinski definition) is 1. The summed E-state index contributed by atoms with van der Waals surface area (Å²) in [7, 11) is -1.25. The van der Waals surface area contributed by atoms with Gasteiger partial charge in [0.05, 0.1) is 0 Å². The Balaban J connectivity index is 2.67. The normalized spacial score (nSPS) is 10.8. The maximum Gasteiger partial charge on any atom is 0.129 e. The second-order valence-electron chi connectivity index (χ2n) is 4.98. The van der Waals surface area contributed by atoms with Crippen molar-refractivity contribution < 1.29 is 0 Å².